The van der Waals surface area contributed by atoms with Gasteiger partial charge in [-0.25, -0.2) is 9.97 Å². The molecule has 3 saturated heterocycles. The molecule has 2 aromatic carbocycles. The highest BCUT2D eigenvalue weighted by molar-refractivity contribution is 7.99. The van der Waals surface area contributed by atoms with Crippen molar-refractivity contribution in [1.29, 1.82) is 0 Å². The van der Waals surface area contributed by atoms with Crippen molar-refractivity contribution in [3.63, 3.8) is 0 Å². The number of benzene rings is 2. The van der Waals surface area contributed by atoms with E-state index in [1.165, 1.54) is 16.7 Å². The second-order valence-electron chi connectivity index (χ2n) is 19.2. The average molecular weight is 926 g/mol. The Hall–Kier alpha value is -6.20. The standard InChI is InChI=1S/C50H59N11O5S/c1-49(51)17-21-60(22-18-49)42-30-53-45(31-52-42)67-37-9-6-8-36(26-37)55-43(62)10-5-3-2-4-7-34-27-50(28-34)19-23-59(24-20-50)41-15-13-39(57-58-41)46(64)54-29-33-11-12-38-35(25-33)32-61(48(38)66)40-14-16-44(63)56-47(40)65/h6-9,11-13,15,25-26,30-31,40H,2-5,10,14,16-24,27-29,32,51H2,1H3,(H,54,64)(H,55,62)(H,56,63,65). The van der Waals surface area contributed by atoms with Gasteiger partial charge in [-0.1, -0.05) is 48.0 Å². The van der Waals surface area contributed by atoms with Gasteiger partial charge in [0.15, 0.2) is 11.5 Å². The van der Waals surface area contributed by atoms with E-state index in [0.717, 1.165) is 129 Å². The van der Waals surface area contributed by atoms with E-state index < -0.39 is 11.9 Å². The zero-order valence-electron chi connectivity index (χ0n) is 38.1. The van der Waals surface area contributed by atoms with E-state index in [0.29, 0.717) is 23.8 Å². The molecule has 67 heavy (non-hydrogen) atoms. The fourth-order valence-electron chi connectivity index (χ4n) is 9.91. The van der Waals surface area contributed by atoms with Gasteiger partial charge in [-0.05, 0) is 124 Å². The Morgan fingerprint density at radius 3 is 2.43 bits per heavy atom. The van der Waals surface area contributed by atoms with Crippen molar-refractivity contribution in [3.8, 4) is 0 Å². The van der Waals surface area contributed by atoms with Crippen molar-refractivity contribution in [2.45, 2.75) is 125 Å². The molecule has 4 fully saturated rings. The molecular formula is C50H59N11O5S. The minimum atomic E-state index is -0.672. The van der Waals surface area contributed by atoms with Crippen molar-refractivity contribution in [3.05, 3.63) is 101 Å². The van der Waals surface area contributed by atoms with Gasteiger partial charge in [0.05, 0.1) is 12.4 Å². The van der Waals surface area contributed by atoms with Gasteiger partial charge >= 0.3 is 0 Å². The zero-order valence-corrected chi connectivity index (χ0v) is 38.9. The van der Waals surface area contributed by atoms with Gasteiger partial charge in [0, 0.05) is 73.8 Å². The summed E-state index contributed by atoms with van der Waals surface area (Å²) in [6.07, 6.45) is 17.4. The largest absolute Gasteiger partial charge is 0.355 e. The number of nitrogens with two attached hydrogens (primary N) is 1. The fourth-order valence-corrected chi connectivity index (χ4v) is 10.7. The minimum Gasteiger partial charge on any atom is -0.355 e. The second-order valence-corrected chi connectivity index (χ2v) is 20.3. The van der Waals surface area contributed by atoms with Crippen LogP contribution in [0.2, 0.25) is 0 Å². The third-order valence-corrected chi connectivity index (χ3v) is 14.9. The van der Waals surface area contributed by atoms with Gasteiger partial charge in [0.2, 0.25) is 17.7 Å². The van der Waals surface area contributed by atoms with Crippen molar-refractivity contribution in [2.24, 2.45) is 11.1 Å². The number of amides is 5. The van der Waals surface area contributed by atoms with Crippen LogP contribution in [0.4, 0.5) is 17.3 Å². The summed E-state index contributed by atoms with van der Waals surface area (Å²) >= 11 is 1.53. The molecule has 4 aromatic rings. The number of nitrogens with zero attached hydrogens (tertiary/aromatic N) is 7. The molecule has 350 valence electrons. The van der Waals surface area contributed by atoms with E-state index in [4.69, 9.17) is 5.73 Å². The van der Waals surface area contributed by atoms with Crippen molar-refractivity contribution in [2.75, 3.05) is 41.3 Å². The summed E-state index contributed by atoms with van der Waals surface area (Å²) in [6.45, 7) is 6.19. The second kappa shape index (κ2) is 20.0. The van der Waals surface area contributed by atoms with Crippen LogP contribution in [0.25, 0.3) is 0 Å². The van der Waals surface area contributed by atoms with E-state index in [1.54, 1.807) is 23.8 Å². The maximum Gasteiger partial charge on any atom is 0.272 e. The van der Waals surface area contributed by atoms with Crippen LogP contribution in [0.15, 0.2) is 88.6 Å². The zero-order chi connectivity index (χ0) is 46.5. The van der Waals surface area contributed by atoms with E-state index in [1.807, 2.05) is 48.8 Å². The van der Waals surface area contributed by atoms with Crippen LogP contribution in [0.5, 0.6) is 0 Å². The first-order chi connectivity index (χ1) is 32.4. The molecule has 17 heteroatoms. The highest BCUT2D eigenvalue weighted by atomic mass is 32.2. The molecule has 2 aromatic heterocycles. The summed E-state index contributed by atoms with van der Waals surface area (Å²) in [4.78, 5) is 79.0. The number of aromatic nitrogens is 4. The number of rotatable bonds is 15. The molecule has 4 aliphatic heterocycles. The van der Waals surface area contributed by atoms with Crippen LogP contribution < -0.4 is 31.5 Å². The Morgan fingerprint density at radius 1 is 0.896 bits per heavy atom. The summed E-state index contributed by atoms with van der Waals surface area (Å²) in [5.74, 6) is 0.350. The molecule has 1 atom stereocenters. The van der Waals surface area contributed by atoms with Crippen LogP contribution in [-0.4, -0.2) is 92.4 Å². The minimum absolute atomic E-state index is 0.0342. The number of hydrogen-bond donors (Lipinski definition) is 4. The monoisotopic (exact) mass is 925 g/mol. The highest BCUT2D eigenvalue weighted by Gasteiger charge is 2.43. The Labute approximate surface area is 395 Å². The average Bonchev–Trinajstić information content (AvgIpc) is 3.63. The van der Waals surface area contributed by atoms with E-state index in [-0.39, 0.29) is 54.4 Å². The smallest absolute Gasteiger partial charge is 0.272 e. The number of piperidine rings is 3. The topological polar surface area (TPSA) is 209 Å². The number of fused-ring (bicyclic) bond motifs is 1. The first-order valence-corrected chi connectivity index (χ1v) is 24.4. The quantitative estimate of drug-likeness (QED) is 0.0585. The van der Waals surface area contributed by atoms with Crippen LogP contribution >= 0.6 is 11.8 Å². The Balaban J connectivity index is 0.637. The third kappa shape index (κ3) is 11.2. The number of anilines is 3. The lowest BCUT2D eigenvalue weighted by Crippen LogP contribution is -2.52. The number of unbranched alkanes of at least 4 members (excludes halogenated alkanes) is 3. The predicted octanol–water partition coefficient (Wildman–Crippen LogP) is 6.32. The molecule has 1 unspecified atom stereocenters. The van der Waals surface area contributed by atoms with Gasteiger partial charge in [0.25, 0.3) is 11.8 Å². The Kier molecular flexibility index (Phi) is 13.7. The van der Waals surface area contributed by atoms with E-state index >= 15 is 0 Å². The maximum atomic E-state index is 13.0. The van der Waals surface area contributed by atoms with E-state index in [2.05, 4.69) is 58.9 Å². The molecule has 5 aliphatic rings. The lowest BCUT2D eigenvalue weighted by molar-refractivity contribution is -0.137. The van der Waals surface area contributed by atoms with E-state index in [9.17, 15) is 24.0 Å². The summed E-state index contributed by atoms with van der Waals surface area (Å²) in [5, 5.41) is 17.8. The number of carbonyl (C=O) groups excluding carboxylic acids is 5. The molecule has 1 aliphatic carbocycles. The normalized spacial score (nSPS) is 19.7. The van der Waals surface area contributed by atoms with Gasteiger partial charge in [0.1, 0.15) is 16.9 Å². The molecule has 6 heterocycles. The highest BCUT2D eigenvalue weighted by Crippen LogP contribution is 2.52. The summed E-state index contributed by atoms with van der Waals surface area (Å²) < 4.78 is 0. The molecule has 1 saturated carbocycles. The number of allylic oxidation sites excluding steroid dienone is 2. The third-order valence-electron chi connectivity index (χ3n) is 14.0. The molecule has 5 amide bonds. The molecule has 1 spiro atoms. The molecule has 0 bridgehead atoms. The van der Waals surface area contributed by atoms with Gasteiger partial charge in [-0.3, -0.25) is 29.3 Å². The first kappa shape index (κ1) is 45.9. The Bertz CT molecular complexity index is 2520. The van der Waals surface area contributed by atoms with Crippen LogP contribution in [0.1, 0.15) is 122 Å². The molecule has 16 nitrogen and oxygen atoms in total. The summed E-state index contributed by atoms with van der Waals surface area (Å²) in [6, 6.07) is 16.2. The molecule has 9 rings (SSSR count). The summed E-state index contributed by atoms with van der Waals surface area (Å²) in [5.41, 5.74) is 11.2. The lowest BCUT2D eigenvalue weighted by Gasteiger charge is -2.49. The first-order valence-electron chi connectivity index (χ1n) is 23.6. The number of imide groups is 1. The SMILES string of the molecule is CC1(N)CCN(c2cnc(Sc3cccc(NC(=O)CCCCCC=C4CC5(CCN(c6ccc(C(=O)NCc7ccc8c(c7)CN(C7CCC(=O)NC7=O)C8=O)nn6)CC5)C4)c3)cn2)CC1. The van der Waals surface area contributed by atoms with Crippen LogP contribution in [0, 0.1) is 5.41 Å². The van der Waals surface area contributed by atoms with Crippen molar-refractivity contribution in [1.82, 2.24) is 35.7 Å². The van der Waals surface area contributed by atoms with Crippen LogP contribution in [0.3, 0.4) is 0 Å². The molecule has 0 radical (unpaired) electrons. The maximum absolute atomic E-state index is 13.0. The number of hydrogen-bond acceptors (Lipinski definition) is 13. The van der Waals surface area contributed by atoms with Gasteiger partial charge < -0.3 is 31.1 Å². The fraction of sp³-hybridized carbons (Fsp3) is 0.460. The molecule has 5 N–H and O–H groups in total. The Morgan fingerprint density at radius 2 is 1.69 bits per heavy atom. The van der Waals surface area contributed by atoms with Crippen molar-refractivity contribution < 1.29 is 24.0 Å². The number of nitrogens with one attached hydrogen (secondary N) is 3. The lowest BCUT2D eigenvalue weighted by atomic mass is 9.60. The van der Waals surface area contributed by atoms with Crippen molar-refractivity contribution >= 4 is 58.6 Å². The van der Waals surface area contributed by atoms with Gasteiger partial charge in [-0.2, -0.15) is 0 Å². The van der Waals surface area contributed by atoms with Crippen LogP contribution in [-0.2, 0) is 27.5 Å². The molecular weight excluding hydrogens is 867 g/mol. The van der Waals surface area contributed by atoms with Gasteiger partial charge in [-0.15, -0.1) is 10.2 Å². The number of carbonyl (C=O) groups is 5. The predicted molar refractivity (Wildman–Crippen MR) is 255 cm³/mol. The summed E-state index contributed by atoms with van der Waals surface area (Å²) in [7, 11) is 0.